The van der Waals surface area contributed by atoms with E-state index in [1.54, 1.807) is 18.2 Å². The van der Waals surface area contributed by atoms with Crippen molar-refractivity contribution in [1.29, 1.82) is 0 Å². The first-order valence-electron chi connectivity index (χ1n) is 17.2. The second-order valence-electron chi connectivity index (χ2n) is 13.3. The maximum Gasteiger partial charge on any atom is 0.247 e. The lowest BCUT2D eigenvalue weighted by Crippen LogP contribution is -2.53. The molecule has 3 aliphatic heterocycles. The number of hydrogen-bond donors (Lipinski definition) is 2. The lowest BCUT2D eigenvalue weighted by atomic mass is 10.0. The molecular weight excluding hydrogens is 663 g/mol. The standard InChI is InChI=1S/C36H44Cl2N8O3/c1-3-35(47)42-28-19-29(41-33-21-34(40-23-39-33)46-30(11-18-49-46)26-5-4-6-27(37)36(26)38)32(48-2)20-31(28)45-12-9-25(10-13-45)44-16-14-43(15-17-44)22-24-7-8-24/h3-6,19-21,23-25,30H,1,7-18,22H2,2H3,(H,42,47)(H,39,40,41)/t30-/m1/s1. The van der Waals surface area contributed by atoms with Crippen molar-refractivity contribution < 1.29 is 14.4 Å². The van der Waals surface area contributed by atoms with Gasteiger partial charge >= 0.3 is 0 Å². The van der Waals surface area contributed by atoms with Crippen LogP contribution in [0.4, 0.5) is 28.7 Å². The molecule has 11 nitrogen and oxygen atoms in total. The van der Waals surface area contributed by atoms with Gasteiger partial charge in [0.15, 0.2) is 5.82 Å². The fraction of sp³-hybridized carbons (Fsp3) is 0.472. The van der Waals surface area contributed by atoms with Crippen molar-refractivity contribution >= 4 is 57.8 Å². The van der Waals surface area contributed by atoms with Gasteiger partial charge in [-0.15, -0.1) is 0 Å². The molecule has 0 bridgehead atoms. The summed E-state index contributed by atoms with van der Waals surface area (Å²) in [5.41, 5.74) is 3.11. The summed E-state index contributed by atoms with van der Waals surface area (Å²) >= 11 is 12.9. The minimum atomic E-state index is -0.280. The van der Waals surface area contributed by atoms with Crippen LogP contribution in [0, 0.1) is 5.92 Å². The summed E-state index contributed by atoms with van der Waals surface area (Å²) in [7, 11) is 1.64. The van der Waals surface area contributed by atoms with Gasteiger partial charge in [0.05, 0.1) is 46.9 Å². The summed E-state index contributed by atoms with van der Waals surface area (Å²) in [6, 6.07) is 11.7. The number of carbonyl (C=O) groups is 1. The van der Waals surface area contributed by atoms with E-state index in [2.05, 4.69) is 41.9 Å². The molecule has 1 saturated carbocycles. The second-order valence-corrected chi connectivity index (χ2v) is 14.0. The maximum atomic E-state index is 12.6. The van der Waals surface area contributed by atoms with E-state index >= 15 is 0 Å². The third-order valence-corrected chi connectivity index (χ3v) is 10.9. The van der Waals surface area contributed by atoms with Gasteiger partial charge in [0.2, 0.25) is 5.91 Å². The summed E-state index contributed by atoms with van der Waals surface area (Å²) in [4.78, 5) is 35.3. The first kappa shape index (κ1) is 33.9. The van der Waals surface area contributed by atoms with E-state index < -0.39 is 0 Å². The van der Waals surface area contributed by atoms with Crippen molar-refractivity contribution in [3.8, 4) is 5.75 Å². The molecular formula is C36H44Cl2N8O3. The number of ether oxygens (including phenoxy) is 1. The third-order valence-electron chi connectivity index (χ3n) is 10.1. The smallest absolute Gasteiger partial charge is 0.247 e. The number of halogens is 2. The quantitative estimate of drug-likeness (QED) is 0.214. The SMILES string of the molecule is C=CC(=O)Nc1cc(Nc2cc(N3OCC[C@@H]3c3cccc(Cl)c3Cl)ncn2)c(OC)cc1N1CCC(N2CCN(CC3CC3)CC2)CC1. The molecule has 4 fully saturated rings. The first-order chi connectivity index (χ1) is 23.9. The molecule has 7 rings (SSSR count). The largest absolute Gasteiger partial charge is 0.494 e. The number of aromatic nitrogens is 2. The number of hydrogen-bond acceptors (Lipinski definition) is 10. The van der Waals surface area contributed by atoms with Crippen LogP contribution in [0.5, 0.6) is 5.75 Å². The molecule has 49 heavy (non-hydrogen) atoms. The highest BCUT2D eigenvalue weighted by atomic mass is 35.5. The zero-order valence-electron chi connectivity index (χ0n) is 27.9. The number of anilines is 5. The Labute approximate surface area is 298 Å². The zero-order chi connectivity index (χ0) is 33.9. The van der Waals surface area contributed by atoms with Crippen LogP contribution in [0.15, 0.2) is 55.4 Å². The Bertz CT molecular complexity index is 1660. The molecule has 1 amide bonds. The Kier molecular flexibility index (Phi) is 10.4. The molecule has 1 aliphatic carbocycles. The highest BCUT2D eigenvalue weighted by Crippen LogP contribution is 2.42. The molecule has 3 aromatic rings. The predicted molar refractivity (Wildman–Crippen MR) is 195 cm³/mol. The molecule has 0 radical (unpaired) electrons. The van der Waals surface area contributed by atoms with Crippen LogP contribution in [0.3, 0.4) is 0 Å². The van der Waals surface area contributed by atoms with Crippen LogP contribution in [-0.4, -0.2) is 91.2 Å². The van der Waals surface area contributed by atoms with Crippen LogP contribution in [-0.2, 0) is 9.63 Å². The van der Waals surface area contributed by atoms with E-state index in [0.717, 1.165) is 62.6 Å². The Balaban J connectivity index is 1.07. The van der Waals surface area contributed by atoms with Crippen molar-refractivity contribution in [3.05, 3.63) is 71.0 Å². The number of methoxy groups -OCH3 is 1. The number of hydroxylamine groups is 1. The van der Waals surface area contributed by atoms with Crippen LogP contribution in [0.1, 0.15) is 43.7 Å². The highest BCUT2D eigenvalue weighted by molar-refractivity contribution is 6.42. The van der Waals surface area contributed by atoms with Gasteiger partial charge in [0.25, 0.3) is 0 Å². The zero-order valence-corrected chi connectivity index (χ0v) is 29.4. The highest BCUT2D eigenvalue weighted by Gasteiger charge is 2.33. The number of piperazine rings is 1. The molecule has 3 saturated heterocycles. The number of carbonyl (C=O) groups excluding carboxylic acids is 1. The van der Waals surface area contributed by atoms with E-state index in [-0.39, 0.29) is 11.9 Å². The van der Waals surface area contributed by atoms with E-state index in [1.165, 1.54) is 44.9 Å². The minimum absolute atomic E-state index is 0.162. The molecule has 1 atom stereocenters. The fourth-order valence-electron chi connectivity index (χ4n) is 7.26. The number of rotatable bonds is 11. The molecule has 2 N–H and O–H groups in total. The van der Waals surface area contributed by atoms with Gasteiger partial charge in [-0.2, -0.15) is 0 Å². The number of amides is 1. The summed E-state index contributed by atoms with van der Waals surface area (Å²) in [5, 5.41) is 9.16. The molecule has 2 aromatic carbocycles. The Morgan fingerprint density at radius 1 is 1.02 bits per heavy atom. The normalized spacial score (nSPS) is 20.8. The van der Waals surface area contributed by atoms with Gasteiger partial charge in [-0.1, -0.05) is 41.9 Å². The van der Waals surface area contributed by atoms with Gasteiger partial charge in [0.1, 0.15) is 17.9 Å². The summed E-state index contributed by atoms with van der Waals surface area (Å²) in [5.74, 6) is 2.39. The van der Waals surface area contributed by atoms with Crippen LogP contribution in [0.25, 0.3) is 0 Å². The maximum absolute atomic E-state index is 12.6. The van der Waals surface area contributed by atoms with Crippen LogP contribution in [0.2, 0.25) is 10.0 Å². The molecule has 1 aromatic heterocycles. The monoisotopic (exact) mass is 706 g/mol. The second kappa shape index (κ2) is 15.1. The number of benzene rings is 2. The summed E-state index contributed by atoms with van der Waals surface area (Å²) in [6.07, 6.45) is 8.45. The Hall–Kier alpha value is -3.61. The van der Waals surface area contributed by atoms with E-state index in [0.29, 0.717) is 51.5 Å². The third kappa shape index (κ3) is 7.76. The molecule has 4 aliphatic rings. The van der Waals surface area contributed by atoms with E-state index in [1.807, 2.05) is 30.3 Å². The first-order valence-corrected chi connectivity index (χ1v) is 18.0. The van der Waals surface area contributed by atoms with Gasteiger partial charge in [-0.3, -0.25) is 14.5 Å². The van der Waals surface area contributed by atoms with Gasteiger partial charge in [-0.05, 0) is 55.4 Å². The van der Waals surface area contributed by atoms with Gasteiger partial charge < -0.3 is 25.2 Å². The molecule has 0 spiro atoms. The van der Waals surface area contributed by atoms with Crippen molar-refractivity contribution in [2.24, 2.45) is 5.92 Å². The molecule has 0 unspecified atom stereocenters. The fourth-order valence-corrected chi connectivity index (χ4v) is 7.69. The number of nitrogens with one attached hydrogen (secondary N) is 2. The number of nitrogens with zero attached hydrogens (tertiary/aromatic N) is 6. The van der Waals surface area contributed by atoms with Gasteiger partial charge in [-0.25, -0.2) is 15.0 Å². The van der Waals surface area contributed by atoms with Crippen molar-refractivity contribution in [3.63, 3.8) is 0 Å². The van der Waals surface area contributed by atoms with Crippen LogP contribution >= 0.6 is 23.2 Å². The van der Waals surface area contributed by atoms with Crippen molar-refractivity contribution in [2.75, 3.05) is 80.1 Å². The van der Waals surface area contributed by atoms with Crippen LogP contribution < -0.4 is 25.3 Å². The van der Waals surface area contributed by atoms with Crippen molar-refractivity contribution in [1.82, 2.24) is 19.8 Å². The average Bonchev–Trinajstić information content (AvgIpc) is 3.81. The van der Waals surface area contributed by atoms with E-state index in [9.17, 15) is 4.79 Å². The Morgan fingerprint density at radius 2 is 1.82 bits per heavy atom. The predicted octanol–water partition coefficient (Wildman–Crippen LogP) is 6.54. The summed E-state index contributed by atoms with van der Waals surface area (Å²) < 4.78 is 5.88. The molecule has 260 valence electrons. The average molecular weight is 708 g/mol. The minimum Gasteiger partial charge on any atom is -0.494 e. The summed E-state index contributed by atoms with van der Waals surface area (Å²) in [6.45, 7) is 11.9. The van der Waals surface area contributed by atoms with Gasteiger partial charge in [0, 0.05) is 70.4 Å². The Morgan fingerprint density at radius 3 is 2.55 bits per heavy atom. The number of piperidine rings is 1. The van der Waals surface area contributed by atoms with E-state index in [4.69, 9.17) is 32.8 Å². The van der Waals surface area contributed by atoms with Crippen molar-refractivity contribution in [2.45, 2.75) is 44.2 Å². The lowest BCUT2D eigenvalue weighted by molar-refractivity contribution is -0.111. The molecule has 13 heteroatoms. The molecule has 4 heterocycles. The topological polar surface area (TPSA) is 98.3 Å². The lowest BCUT2D eigenvalue weighted by Gasteiger charge is -2.43.